The van der Waals surface area contributed by atoms with Crippen LogP contribution >= 0.6 is 59.0 Å². The van der Waals surface area contributed by atoms with Crippen molar-refractivity contribution in [1.29, 1.82) is 0 Å². The van der Waals surface area contributed by atoms with E-state index in [9.17, 15) is 0 Å². The van der Waals surface area contributed by atoms with E-state index in [1.807, 2.05) is 55.5 Å². The molecule has 196 valence electrons. The summed E-state index contributed by atoms with van der Waals surface area (Å²) in [4.78, 5) is 0. The number of nitrogens with one attached hydrogen (secondary N) is 1. The fourth-order valence-corrected chi connectivity index (χ4v) is 4.90. The summed E-state index contributed by atoms with van der Waals surface area (Å²) in [5.41, 5.74) is 2.72. The molecule has 0 saturated heterocycles. The number of aromatic nitrogens is 4. The van der Waals surface area contributed by atoms with Crippen LogP contribution in [0.2, 0.25) is 15.1 Å². The quantitative estimate of drug-likeness (QED) is 0.140. The second-order valence-electron chi connectivity index (χ2n) is 7.60. The largest absolute Gasteiger partial charge is 0.490 e. The number of halogens is 4. The number of tetrazole rings is 1. The predicted molar refractivity (Wildman–Crippen MR) is 152 cm³/mol. The summed E-state index contributed by atoms with van der Waals surface area (Å²) in [6.45, 7) is 4.01. The summed E-state index contributed by atoms with van der Waals surface area (Å²) in [6.07, 6.45) is 0. The molecule has 37 heavy (non-hydrogen) atoms. The Morgan fingerprint density at radius 1 is 0.973 bits per heavy atom. The Kier molecular flexibility index (Phi) is 11.6. The van der Waals surface area contributed by atoms with Gasteiger partial charge in [0.25, 0.3) is 0 Å². The van der Waals surface area contributed by atoms with E-state index in [2.05, 4.69) is 20.8 Å². The Morgan fingerprint density at radius 3 is 2.54 bits per heavy atom. The number of rotatable bonds is 12. The van der Waals surface area contributed by atoms with Gasteiger partial charge < -0.3 is 14.8 Å². The maximum absolute atomic E-state index is 6.57. The molecule has 12 heteroatoms. The molecule has 0 aliphatic carbocycles. The van der Waals surface area contributed by atoms with E-state index in [1.165, 1.54) is 0 Å². The molecule has 1 aromatic heterocycles. The van der Waals surface area contributed by atoms with Crippen molar-refractivity contribution < 1.29 is 9.47 Å². The van der Waals surface area contributed by atoms with Crippen LogP contribution in [0.25, 0.3) is 5.69 Å². The molecule has 0 bridgehead atoms. The molecule has 0 fully saturated rings. The minimum atomic E-state index is 0. The average molecular weight is 601 g/mol. The number of ether oxygens (including phenoxy) is 2. The van der Waals surface area contributed by atoms with Crippen LogP contribution in [0.4, 0.5) is 0 Å². The molecule has 0 spiro atoms. The monoisotopic (exact) mass is 599 g/mol. The van der Waals surface area contributed by atoms with Gasteiger partial charge in [-0.05, 0) is 59.3 Å². The summed E-state index contributed by atoms with van der Waals surface area (Å²) in [6, 6.07) is 18.9. The molecule has 1 N–H and O–H groups in total. The van der Waals surface area contributed by atoms with Crippen molar-refractivity contribution in [3.63, 3.8) is 0 Å². The summed E-state index contributed by atoms with van der Waals surface area (Å²) < 4.78 is 13.5. The van der Waals surface area contributed by atoms with Gasteiger partial charge in [-0.15, -0.1) is 17.5 Å². The normalized spacial score (nSPS) is 10.7. The number of hydrogen-bond acceptors (Lipinski definition) is 7. The van der Waals surface area contributed by atoms with Gasteiger partial charge in [0.1, 0.15) is 6.61 Å². The molecule has 4 aromatic rings. The Hall–Kier alpha value is -2.20. The van der Waals surface area contributed by atoms with Crippen molar-refractivity contribution >= 4 is 59.0 Å². The van der Waals surface area contributed by atoms with Crippen LogP contribution in [0.3, 0.4) is 0 Å². The van der Waals surface area contributed by atoms with Crippen molar-refractivity contribution in [2.75, 3.05) is 18.9 Å². The highest BCUT2D eigenvalue weighted by Gasteiger charge is 2.14. The third-order valence-electron chi connectivity index (χ3n) is 5.04. The van der Waals surface area contributed by atoms with Gasteiger partial charge in [0.15, 0.2) is 11.5 Å². The zero-order valence-electron chi connectivity index (χ0n) is 19.9. The molecule has 0 aliphatic heterocycles. The molecule has 0 unspecified atom stereocenters. The second-order valence-corrected chi connectivity index (χ2v) is 9.91. The first-order chi connectivity index (χ1) is 17.5. The van der Waals surface area contributed by atoms with E-state index in [1.54, 1.807) is 28.6 Å². The summed E-state index contributed by atoms with van der Waals surface area (Å²) in [5.74, 6) is 1.86. The van der Waals surface area contributed by atoms with Crippen molar-refractivity contribution in [2.24, 2.45) is 0 Å². The van der Waals surface area contributed by atoms with E-state index in [4.69, 9.17) is 44.3 Å². The molecule has 0 amide bonds. The Labute approximate surface area is 241 Å². The smallest absolute Gasteiger partial charge is 0.214 e. The van der Waals surface area contributed by atoms with Crippen LogP contribution in [0.1, 0.15) is 18.1 Å². The van der Waals surface area contributed by atoms with Gasteiger partial charge in [0.05, 0.1) is 17.3 Å². The summed E-state index contributed by atoms with van der Waals surface area (Å²) in [5, 5.41) is 17.8. The van der Waals surface area contributed by atoms with Crippen LogP contribution in [-0.2, 0) is 13.2 Å². The van der Waals surface area contributed by atoms with Gasteiger partial charge in [-0.1, -0.05) is 70.8 Å². The SMILES string of the molecule is CCOc1cc(CNCCSc2nnnn2-c2ccccc2)cc(Cl)c1OCc1ccc(Cl)cc1Cl.Cl. The molecular formula is C25H25Cl4N5O2S. The molecule has 0 saturated carbocycles. The lowest BCUT2D eigenvalue weighted by Gasteiger charge is -2.16. The van der Waals surface area contributed by atoms with Crippen molar-refractivity contribution in [3.05, 3.63) is 86.9 Å². The molecule has 0 atom stereocenters. The van der Waals surface area contributed by atoms with Crippen molar-refractivity contribution in [3.8, 4) is 17.2 Å². The minimum Gasteiger partial charge on any atom is -0.490 e. The first-order valence-corrected chi connectivity index (χ1v) is 13.4. The lowest BCUT2D eigenvalue weighted by atomic mass is 10.2. The Bertz CT molecular complexity index is 1290. The zero-order chi connectivity index (χ0) is 25.3. The molecule has 4 rings (SSSR count). The lowest BCUT2D eigenvalue weighted by Crippen LogP contribution is -2.17. The van der Waals surface area contributed by atoms with Crippen LogP contribution in [-0.4, -0.2) is 39.1 Å². The average Bonchev–Trinajstić information content (AvgIpc) is 3.34. The summed E-state index contributed by atoms with van der Waals surface area (Å²) in [7, 11) is 0. The molecule has 1 heterocycles. The second kappa shape index (κ2) is 14.7. The molecule has 0 aliphatic rings. The molecule has 7 nitrogen and oxygen atoms in total. The zero-order valence-corrected chi connectivity index (χ0v) is 23.8. The van der Waals surface area contributed by atoms with E-state index in [0.29, 0.717) is 39.7 Å². The first-order valence-electron chi connectivity index (χ1n) is 11.2. The molecule has 3 aromatic carbocycles. The lowest BCUT2D eigenvalue weighted by molar-refractivity contribution is 0.269. The van der Waals surface area contributed by atoms with E-state index < -0.39 is 0 Å². The van der Waals surface area contributed by atoms with E-state index >= 15 is 0 Å². The van der Waals surface area contributed by atoms with E-state index in [-0.39, 0.29) is 19.0 Å². The topological polar surface area (TPSA) is 74.1 Å². The van der Waals surface area contributed by atoms with Gasteiger partial charge in [0, 0.05) is 34.5 Å². The maximum atomic E-state index is 6.57. The number of nitrogens with zero attached hydrogens (tertiary/aromatic N) is 4. The van der Waals surface area contributed by atoms with E-state index in [0.717, 1.165) is 34.3 Å². The third-order valence-corrected chi connectivity index (χ3v) is 6.83. The first kappa shape index (κ1) is 29.4. The van der Waals surface area contributed by atoms with Gasteiger partial charge in [0.2, 0.25) is 5.16 Å². The van der Waals surface area contributed by atoms with Crippen molar-refractivity contribution in [2.45, 2.75) is 25.2 Å². The maximum Gasteiger partial charge on any atom is 0.214 e. The summed E-state index contributed by atoms with van der Waals surface area (Å²) >= 11 is 20.4. The Balaban J connectivity index is 0.00000380. The van der Waals surface area contributed by atoms with Gasteiger partial charge in [-0.2, -0.15) is 4.68 Å². The highest BCUT2D eigenvalue weighted by atomic mass is 35.5. The Morgan fingerprint density at radius 2 is 1.78 bits per heavy atom. The third kappa shape index (κ3) is 8.14. The van der Waals surface area contributed by atoms with Crippen molar-refractivity contribution in [1.82, 2.24) is 25.5 Å². The van der Waals surface area contributed by atoms with Crippen LogP contribution in [0.5, 0.6) is 11.5 Å². The molecule has 0 radical (unpaired) electrons. The number of para-hydroxylation sites is 1. The minimum absolute atomic E-state index is 0. The van der Waals surface area contributed by atoms with Crippen LogP contribution in [0.15, 0.2) is 65.8 Å². The number of hydrogen-bond donors (Lipinski definition) is 1. The highest BCUT2D eigenvalue weighted by molar-refractivity contribution is 7.99. The predicted octanol–water partition coefficient (Wildman–Crippen LogP) is 6.90. The van der Waals surface area contributed by atoms with Gasteiger partial charge >= 0.3 is 0 Å². The van der Waals surface area contributed by atoms with Gasteiger partial charge in [-0.3, -0.25) is 0 Å². The number of thioether (sulfide) groups is 1. The standard InChI is InChI=1S/C25H24Cl3N5O2S.ClH/c1-2-34-23-13-17(12-22(28)24(23)35-16-18-8-9-19(26)14-21(18)27)15-29-10-11-36-25-30-31-32-33(25)20-6-4-3-5-7-20;/h3-9,12-14,29H,2,10-11,15-16H2,1H3;1H. The highest BCUT2D eigenvalue weighted by Crippen LogP contribution is 2.37. The van der Waals surface area contributed by atoms with Gasteiger partial charge in [-0.25, -0.2) is 0 Å². The fourth-order valence-electron chi connectivity index (χ4n) is 3.36. The van der Waals surface area contributed by atoms with Crippen LogP contribution in [0, 0.1) is 0 Å². The number of benzene rings is 3. The fraction of sp³-hybridized carbons (Fsp3) is 0.240. The molecular weight excluding hydrogens is 576 g/mol. The van der Waals surface area contributed by atoms with Crippen LogP contribution < -0.4 is 14.8 Å².